The number of hydrogen-bond donors (Lipinski definition) is 2. The number of H-pyrrole nitrogens is 1. The van der Waals surface area contributed by atoms with Gasteiger partial charge >= 0.3 is 5.69 Å². The summed E-state index contributed by atoms with van der Waals surface area (Å²) in [4.78, 5) is 34.9. The SMILES string of the molecule is NC(=O)c1nc(-c2ccccc2F)nc2c1[nH]c(=O)n2-c1ccccc1F. The Morgan fingerprint density at radius 2 is 1.67 bits per heavy atom. The number of amides is 1. The van der Waals surface area contributed by atoms with Crippen LogP contribution in [0, 0.1) is 11.6 Å². The molecule has 2 aromatic carbocycles. The van der Waals surface area contributed by atoms with Gasteiger partial charge < -0.3 is 10.7 Å². The fourth-order valence-electron chi connectivity index (χ4n) is 2.78. The highest BCUT2D eigenvalue weighted by Gasteiger charge is 2.22. The topological polar surface area (TPSA) is 107 Å². The molecule has 0 fully saturated rings. The molecule has 2 aromatic heterocycles. The molecular formula is C18H11F2N5O2. The van der Waals surface area contributed by atoms with E-state index in [0.29, 0.717) is 0 Å². The minimum Gasteiger partial charge on any atom is -0.364 e. The molecule has 0 bridgehead atoms. The molecule has 0 aliphatic carbocycles. The number of para-hydroxylation sites is 1. The molecule has 0 spiro atoms. The van der Waals surface area contributed by atoms with Gasteiger partial charge in [-0.15, -0.1) is 0 Å². The van der Waals surface area contributed by atoms with E-state index in [9.17, 15) is 18.4 Å². The van der Waals surface area contributed by atoms with Crippen molar-refractivity contribution >= 4 is 17.1 Å². The lowest BCUT2D eigenvalue weighted by Crippen LogP contribution is -2.16. The lowest BCUT2D eigenvalue weighted by molar-refractivity contribution is 0.0997. The molecule has 0 unspecified atom stereocenters. The largest absolute Gasteiger partial charge is 0.364 e. The fourth-order valence-corrected chi connectivity index (χ4v) is 2.78. The van der Waals surface area contributed by atoms with Gasteiger partial charge in [0.15, 0.2) is 17.2 Å². The number of nitrogens with one attached hydrogen (secondary N) is 1. The van der Waals surface area contributed by atoms with Crippen LogP contribution in [0.4, 0.5) is 8.78 Å². The van der Waals surface area contributed by atoms with Crippen LogP contribution in [0.25, 0.3) is 28.2 Å². The first-order valence-electron chi connectivity index (χ1n) is 7.79. The van der Waals surface area contributed by atoms with Crippen LogP contribution in [0.2, 0.25) is 0 Å². The molecule has 3 N–H and O–H groups in total. The van der Waals surface area contributed by atoms with Crippen molar-refractivity contribution in [3.63, 3.8) is 0 Å². The van der Waals surface area contributed by atoms with E-state index in [2.05, 4.69) is 15.0 Å². The van der Waals surface area contributed by atoms with Crippen LogP contribution in [-0.2, 0) is 0 Å². The highest BCUT2D eigenvalue weighted by Crippen LogP contribution is 2.24. The maximum Gasteiger partial charge on any atom is 0.332 e. The summed E-state index contributed by atoms with van der Waals surface area (Å²) in [6.07, 6.45) is 0. The predicted molar refractivity (Wildman–Crippen MR) is 93.4 cm³/mol. The highest BCUT2D eigenvalue weighted by molar-refractivity contribution is 6.02. The summed E-state index contributed by atoms with van der Waals surface area (Å²) >= 11 is 0. The first kappa shape index (κ1) is 16.6. The fraction of sp³-hybridized carbons (Fsp3) is 0. The Labute approximate surface area is 150 Å². The number of nitrogens with zero attached hydrogens (tertiary/aromatic N) is 3. The van der Waals surface area contributed by atoms with Gasteiger partial charge in [-0.2, -0.15) is 0 Å². The van der Waals surface area contributed by atoms with Crippen LogP contribution >= 0.6 is 0 Å². The van der Waals surface area contributed by atoms with Gasteiger partial charge in [-0.05, 0) is 24.3 Å². The Morgan fingerprint density at radius 3 is 2.33 bits per heavy atom. The molecule has 0 saturated heterocycles. The van der Waals surface area contributed by atoms with Crippen molar-refractivity contribution in [3.05, 3.63) is 76.3 Å². The lowest BCUT2D eigenvalue weighted by atomic mass is 10.2. The summed E-state index contributed by atoms with van der Waals surface area (Å²) in [5, 5.41) is 0. The molecule has 0 aliphatic heterocycles. The first-order valence-corrected chi connectivity index (χ1v) is 7.79. The summed E-state index contributed by atoms with van der Waals surface area (Å²) in [5.74, 6) is -2.39. The van der Waals surface area contributed by atoms with E-state index in [-0.39, 0.29) is 33.9 Å². The number of carbonyl (C=O) groups is 1. The molecule has 1 amide bonds. The van der Waals surface area contributed by atoms with Crippen molar-refractivity contribution in [3.8, 4) is 17.1 Å². The van der Waals surface area contributed by atoms with Gasteiger partial charge in [0.25, 0.3) is 5.91 Å². The van der Waals surface area contributed by atoms with Crippen LogP contribution < -0.4 is 11.4 Å². The van der Waals surface area contributed by atoms with Crippen molar-refractivity contribution < 1.29 is 13.6 Å². The molecule has 0 aliphatic rings. The highest BCUT2D eigenvalue weighted by atomic mass is 19.1. The predicted octanol–water partition coefficient (Wildman–Crippen LogP) is 2.15. The monoisotopic (exact) mass is 367 g/mol. The second kappa shape index (κ2) is 6.13. The first-order chi connectivity index (χ1) is 13.0. The Bertz CT molecular complexity index is 1260. The van der Waals surface area contributed by atoms with Crippen LogP contribution in [0.3, 0.4) is 0 Å². The van der Waals surface area contributed by atoms with Gasteiger partial charge in [-0.25, -0.2) is 28.1 Å². The van der Waals surface area contributed by atoms with Crippen molar-refractivity contribution in [1.82, 2.24) is 19.5 Å². The normalized spacial score (nSPS) is 11.0. The Balaban J connectivity index is 2.12. The van der Waals surface area contributed by atoms with Crippen LogP contribution in [0.1, 0.15) is 10.5 Å². The van der Waals surface area contributed by atoms with Crippen molar-refractivity contribution in [2.45, 2.75) is 0 Å². The quantitative estimate of drug-likeness (QED) is 0.579. The lowest BCUT2D eigenvalue weighted by Gasteiger charge is -2.07. The number of hydrogen-bond acceptors (Lipinski definition) is 4. The number of nitrogens with two attached hydrogens (primary N) is 1. The summed E-state index contributed by atoms with van der Waals surface area (Å²) in [6.45, 7) is 0. The summed E-state index contributed by atoms with van der Waals surface area (Å²) in [6, 6.07) is 11.2. The molecule has 0 atom stereocenters. The Hall–Kier alpha value is -3.88. The molecule has 0 saturated carbocycles. The molecule has 27 heavy (non-hydrogen) atoms. The second-order valence-electron chi connectivity index (χ2n) is 5.66. The number of rotatable bonds is 3. The molecular weight excluding hydrogens is 356 g/mol. The van der Waals surface area contributed by atoms with Crippen LogP contribution in [-0.4, -0.2) is 25.4 Å². The van der Waals surface area contributed by atoms with E-state index < -0.39 is 23.2 Å². The second-order valence-corrected chi connectivity index (χ2v) is 5.66. The van der Waals surface area contributed by atoms with E-state index in [0.717, 1.165) is 4.57 Å². The number of aromatic amines is 1. The van der Waals surface area contributed by atoms with Crippen molar-refractivity contribution in [1.29, 1.82) is 0 Å². The minimum atomic E-state index is -0.943. The van der Waals surface area contributed by atoms with Gasteiger partial charge in [-0.3, -0.25) is 4.79 Å². The molecule has 9 heteroatoms. The number of primary amides is 1. The zero-order valence-electron chi connectivity index (χ0n) is 13.6. The van der Waals surface area contributed by atoms with Gasteiger partial charge in [0.1, 0.15) is 17.2 Å². The molecule has 2 heterocycles. The van der Waals surface area contributed by atoms with E-state index in [1.54, 1.807) is 6.07 Å². The van der Waals surface area contributed by atoms with Crippen LogP contribution in [0.15, 0.2) is 53.3 Å². The Morgan fingerprint density at radius 1 is 1.00 bits per heavy atom. The third kappa shape index (κ3) is 2.65. The maximum atomic E-state index is 14.2. The average Bonchev–Trinajstić information content (AvgIpc) is 2.97. The van der Waals surface area contributed by atoms with E-state index in [1.807, 2.05) is 0 Å². The zero-order valence-corrected chi connectivity index (χ0v) is 13.6. The van der Waals surface area contributed by atoms with Gasteiger partial charge in [0.2, 0.25) is 0 Å². The number of halogens is 2. The maximum absolute atomic E-state index is 14.2. The summed E-state index contributed by atoms with van der Waals surface area (Å²) in [5.41, 5.74) is 4.10. The number of carbonyl (C=O) groups excluding carboxylic acids is 1. The van der Waals surface area contributed by atoms with Crippen LogP contribution in [0.5, 0.6) is 0 Å². The number of imidazole rings is 1. The van der Waals surface area contributed by atoms with Gasteiger partial charge in [0, 0.05) is 0 Å². The third-order valence-corrected chi connectivity index (χ3v) is 3.98. The van der Waals surface area contributed by atoms with E-state index >= 15 is 0 Å². The van der Waals surface area contributed by atoms with Crippen molar-refractivity contribution in [2.24, 2.45) is 5.73 Å². The van der Waals surface area contributed by atoms with E-state index in [4.69, 9.17) is 5.73 Å². The van der Waals surface area contributed by atoms with Gasteiger partial charge in [-0.1, -0.05) is 24.3 Å². The third-order valence-electron chi connectivity index (χ3n) is 3.98. The Kier molecular flexibility index (Phi) is 3.76. The smallest absolute Gasteiger partial charge is 0.332 e. The molecule has 134 valence electrons. The summed E-state index contributed by atoms with van der Waals surface area (Å²) in [7, 11) is 0. The van der Waals surface area contributed by atoms with E-state index in [1.165, 1.54) is 42.5 Å². The molecule has 7 nitrogen and oxygen atoms in total. The molecule has 0 radical (unpaired) electrons. The van der Waals surface area contributed by atoms with Gasteiger partial charge in [0.05, 0.1) is 11.3 Å². The molecule has 4 rings (SSSR count). The molecule has 4 aromatic rings. The minimum absolute atomic E-state index is 0.00984. The standard InChI is InChI=1S/C18H11F2N5O2/c19-10-6-2-1-5-9(10)16-22-13(15(21)26)14-17(24-16)25(18(27)23-14)12-8-4-3-7-11(12)20/h1-8H,(H2,21,26)(H,23,27). The zero-order chi connectivity index (χ0) is 19.1. The average molecular weight is 367 g/mol. The summed E-state index contributed by atoms with van der Waals surface area (Å²) < 4.78 is 29.4. The number of aromatic nitrogens is 4. The number of fused-ring (bicyclic) bond motifs is 1. The number of benzene rings is 2. The van der Waals surface area contributed by atoms with Crippen molar-refractivity contribution in [2.75, 3.05) is 0 Å².